The molecule has 1 aromatic carbocycles. The van der Waals surface area contributed by atoms with Gasteiger partial charge in [0.05, 0.1) is 0 Å². The van der Waals surface area contributed by atoms with Crippen LogP contribution in [0.15, 0.2) is 24.3 Å². The van der Waals surface area contributed by atoms with E-state index in [1.807, 2.05) is 66.6 Å². The van der Waals surface area contributed by atoms with Crippen LogP contribution in [0.4, 0.5) is 0 Å². The third kappa shape index (κ3) is 3.14. The van der Waals surface area contributed by atoms with Crippen LogP contribution in [0, 0.1) is 0 Å². The highest BCUT2D eigenvalue weighted by Gasteiger charge is 2.52. The molecule has 0 aromatic heterocycles. The molecule has 0 aliphatic carbocycles. The Labute approximate surface area is 116 Å². The molecule has 102 valence electrons. The van der Waals surface area contributed by atoms with Gasteiger partial charge >= 0.3 is 7.94 Å². The maximum atomic E-state index is 6.27. The molecule has 0 fully saturated rings. The van der Waals surface area contributed by atoms with Crippen LogP contribution in [-0.4, -0.2) is 56.3 Å². The van der Waals surface area contributed by atoms with E-state index in [9.17, 15) is 0 Å². The van der Waals surface area contributed by atoms with E-state index in [-0.39, 0.29) is 0 Å². The maximum Gasteiger partial charge on any atom is 0.416 e. The lowest BCUT2D eigenvalue weighted by atomic mass is 10.3. The van der Waals surface area contributed by atoms with Crippen LogP contribution in [0.3, 0.4) is 0 Å². The van der Waals surface area contributed by atoms with Crippen LogP contribution in [-0.2, 0) is 0 Å². The molecule has 0 aliphatic heterocycles. The largest absolute Gasteiger partial charge is 0.416 e. The summed E-state index contributed by atoms with van der Waals surface area (Å²) in [7, 11) is 10.2. The second-order valence-corrected chi connectivity index (χ2v) is 8.65. The highest BCUT2D eigenvalue weighted by atomic mass is 35.5. The summed E-state index contributed by atoms with van der Waals surface area (Å²) in [6.07, 6.45) is 0. The van der Waals surface area contributed by atoms with Crippen molar-refractivity contribution in [3.05, 3.63) is 29.3 Å². The number of halogens is 1. The summed E-state index contributed by atoms with van der Waals surface area (Å²) in [5, 5.41) is 0.714. The van der Waals surface area contributed by atoms with Crippen molar-refractivity contribution in [2.75, 3.05) is 42.3 Å². The molecular formula is C12H22ClN3OP+. The summed E-state index contributed by atoms with van der Waals surface area (Å²) >= 11 is 5.89. The van der Waals surface area contributed by atoms with Crippen molar-refractivity contribution >= 4 is 19.5 Å². The Bertz CT molecular complexity index is 360. The summed E-state index contributed by atoms with van der Waals surface area (Å²) in [5.74, 6) is 0.823. The molecule has 0 bridgehead atoms. The Balaban J connectivity index is 3.08. The summed E-state index contributed by atoms with van der Waals surface area (Å²) in [6.45, 7) is 0. The van der Waals surface area contributed by atoms with Crippen molar-refractivity contribution in [3.8, 4) is 5.75 Å². The van der Waals surface area contributed by atoms with Gasteiger partial charge in [0.2, 0.25) is 0 Å². The van der Waals surface area contributed by atoms with E-state index < -0.39 is 7.94 Å². The Morgan fingerprint density at radius 2 is 1.22 bits per heavy atom. The average molecular weight is 291 g/mol. The van der Waals surface area contributed by atoms with Crippen molar-refractivity contribution in [2.45, 2.75) is 0 Å². The third-order valence-corrected chi connectivity index (χ3v) is 6.44. The molecular weight excluding hydrogens is 269 g/mol. The predicted octanol–water partition coefficient (Wildman–Crippen LogP) is 3.08. The fraction of sp³-hybridized carbons (Fsp3) is 0.500. The maximum absolute atomic E-state index is 6.27. The predicted molar refractivity (Wildman–Crippen MR) is 80.1 cm³/mol. The lowest BCUT2D eigenvalue weighted by Crippen LogP contribution is -2.39. The van der Waals surface area contributed by atoms with E-state index in [2.05, 4.69) is 14.0 Å². The van der Waals surface area contributed by atoms with Crippen LogP contribution in [0.5, 0.6) is 5.75 Å². The highest BCUT2D eigenvalue weighted by Crippen LogP contribution is 2.63. The van der Waals surface area contributed by atoms with Crippen LogP contribution in [0.1, 0.15) is 0 Å². The second kappa shape index (κ2) is 6.18. The molecule has 1 aromatic rings. The van der Waals surface area contributed by atoms with Gasteiger partial charge < -0.3 is 0 Å². The fourth-order valence-corrected chi connectivity index (χ4v) is 5.12. The molecule has 18 heavy (non-hydrogen) atoms. The lowest BCUT2D eigenvalue weighted by molar-refractivity contribution is 0.351. The van der Waals surface area contributed by atoms with Crippen LogP contribution in [0.2, 0.25) is 5.02 Å². The molecule has 0 aliphatic rings. The summed E-state index contributed by atoms with van der Waals surface area (Å²) in [4.78, 5) is 0. The number of nitrogens with zero attached hydrogens (tertiary/aromatic N) is 3. The molecule has 4 nitrogen and oxygen atoms in total. The number of hydrogen-bond acceptors (Lipinski definition) is 4. The van der Waals surface area contributed by atoms with Gasteiger partial charge in [-0.2, -0.15) is 0 Å². The van der Waals surface area contributed by atoms with Crippen LogP contribution in [0.25, 0.3) is 0 Å². The Kier molecular flexibility index (Phi) is 5.38. The van der Waals surface area contributed by atoms with Crippen molar-refractivity contribution < 1.29 is 4.52 Å². The second-order valence-electron chi connectivity index (χ2n) is 4.60. The Morgan fingerprint density at radius 3 is 1.56 bits per heavy atom. The van der Waals surface area contributed by atoms with Gasteiger partial charge in [-0.15, -0.1) is 14.0 Å². The van der Waals surface area contributed by atoms with Gasteiger partial charge in [-0.05, 0) is 24.3 Å². The molecule has 0 heterocycles. The third-order valence-electron chi connectivity index (χ3n) is 2.60. The topological polar surface area (TPSA) is 19.0 Å². The average Bonchev–Trinajstić information content (AvgIpc) is 2.26. The molecule has 0 saturated heterocycles. The van der Waals surface area contributed by atoms with Crippen molar-refractivity contribution in [3.63, 3.8) is 0 Å². The van der Waals surface area contributed by atoms with Gasteiger partial charge in [-0.3, -0.25) is 4.52 Å². The molecule has 0 amide bonds. The van der Waals surface area contributed by atoms with Gasteiger partial charge in [0, 0.05) is 47.3 Å². The van der Waals surface area contributed by atoms with E-state index >= 15 is 0 Å². The number of hydrogen-bond donors (Lipinski definition) is 0. The monoisotopic (exact) mass is 290 g/mol. The zero-order valence-corrected chi connectivity index (χ0v) is 13.5. The van der Waals surface area contributed by atoms with Crippen LogP contribution < -0.4 is 4.52 Å². The van der Waals surface area contributed by atoms with E-state index in [4.69, 9.17) is 16.1 Å². The molecule has 0 N–H and O–H groups in total. The molecule has 0 atom stereocenters. The van der Waals surface area contributed by atoms with E-state index in [1.165, 1.54) is 0 Å². The van der Waals surface area contributed by atoms with Gasteiger partial charge in [0.25, 0.3) is 0 Å². The number of benzene rings is 1. The summed E-state index contributed by atoms with van der Waals surface area (Å²) in [6, 6.07) is 7.47. The quantitative estimate of drug-likeness (QED) is 0.776. The SMILES string of the molecule is CN(C)[P+](Oc1ccc(Cl)cc1)(N(C)C)N(C)C. The number of rotatable bonds is 5. The van der Waals surface area contributed by atoms with E-state index in [0.717, 1.165) is 5.75 Å². The zero-order chi connectivity index (χ0) is 13.9. The molecule has 6 heteroatoms. The zero-order valence-electron chi connectivity index (χ0n) is 11.9. The first kappa shape index (κ1) is 15.7. The molecule has 0 spiro atoms. The summed E-state index contributed by atoms with van der Waals surface area (Å²) < 4.78 is 12.7. The Hall–Kier alpha value is -0.380. The van der Waals surface area contributed by atoms with Gasteiger partial charge in [0.15, 0.2) is 5.75 Å². The first-order valence-corrected chi connectivity index (χ1v) is 7.62. The standard InChI is InChI=1S/C12H22ClN3OP/c1-14(2)18(15(3)4,16(5)6)17-12-9-7-11(13)8-10-12/h7-10H,1-6H3/q+1. The smallest absolute Gasteiger partial charge is 0.292 e. The van der Waals surface area contributed by atoms with Gasteiger partial charge in [0.1, 0.15) is 0 Å². The molecule has 0 unspecified atom stereocenters. The first-order chi connectivity index (χ1) is 8.30. The normalized spacial score (nSPS) is 12.6. The van der Waals surface area contributed by atoms with Gasteiger partial charge in [-0.1, -0.05) is 11.6 Å². The van der Waals surface area contributed by atoms with Crippen molar-refractivity contribution in [1.29, 1.82) is 0 Å². The van der Waals surface area contributed by atoms with Gasteiger partial charge in [-0.25, -0.2) is 0 Å². The summed E-state index contributed by atoms with van der Waals surface area (Å²) in [5.41, 5.74) is 0. The van der Waals surface area contributed by atoms with E-state index in [0.29, 0.717) is 5.02 Å². The minimum absolute atomic E-state index is 0.714. The molecule has 0 saturated carbocycles. The molecule has 1 rings (SSSR count). The lowest BCUT2D eigenvalue weighted by Gasteiger charge is -2.36. The first-order valence-electron chi connectivity index (χ1n) is 5.68. The molecule has 0 radical (unpaired) electrons. The van der Waals surface area contributed by atoms with E-state index in [1.54, 1.807) is 0 Å². The fourth-order valence-electron chi connectivity index (χ4n) is 1.96. The minimum atomic E-state index is -1.99. The minimum Gasteiger partial charge on any atom is -0.292 e. The van der Waals surface area contributed by atoms with Crippen LogP contribution >= 0.6 is 19.5 Å². The van der Waals surface area contributed by atoms with Crippen molar-refractivity contribution in [1.82, 2.24) is 14.0 Å². The highest BCUT2D eigenvalue weighted by molar-refractivity contribution is 7.64. The van der Waals surface area contributed by atoms with Crippen molar-refractivity contribution in [2.24, 2.45) is 0 Å². The Morgan fingerprint density at radius 1 is 0.833 bits per heavy atom.